The second kappa shape index (κ2) is 12.9. The van der Waals surface area contributed by atoms with Gasteiger partial charge in [-0.3, -0.25) is 0 Å². The van der Waals surface area contributed by atoms with E-state index in [1.165, 1.54) is 0 Å². The largest absolute Gasteiger partial charge is 0.394 e. The zero-order valence-corrected chi connectivity index (χ0v) is 17.7. The van der Waals surface area contributed by atoms with E-state index in [4.69, 9.17) is 24.1 Å². The Morgan fingerprint density at radius 2 is 1.32 bits per heavy atom. The highest BCUT2D eigenvalue weighted by Crippen LogP contribution is 2.30. The zero-order valence-electron chi connectivity index (χ0n) is 17.7. The van der Waals surface area contributed by atoms with Crippen LogP contribution in [0.5, 0.6) is 0 Å². The third-order valence-electron chi connectivity index (χ3n) is 5.65. The van der Waals surface area contributed by atoms with Gasteiger partial charge in [0.15, 0.2) is 18.9 Å². The van der Waals surface area contributed by atoms with Crippen LogP contribution in [-0.4, -0.2) is 168 Å². The maximum Gasteiger partial charge on any atom is 0.187 e. The highest BCUT2D eigenvalue weighted by Gasteiger charge is 2.52. The van der Waals surface area contributed by atoms with Crippen LogP contribution in [-0.2, 0) is 23.7 Å². The Hall–Kier alpha value is -0.930. The fourth-order valence-corrected chi connectivity index (χ4v) is 3.58. The molecule has 0 amide bonds. The number of carbonyl (C=O) groups is 1. The molecule has 200 valence electrons. The molecule has 2 aliphatic rings. The molecular weight excluding hydrogens is 472 g/mol. The van der Waals surface area contributed by atoms with Crippen molar-refractivity contribution in [2.24, 2.45) is 0 Å². The average molecular weight is 504 g/mol. The fraction of sp³-hybridized carbons (Fsp3) is 0.944. The van der Waals surface area contributed by atoms with Crippen molar-refractivity contribution in [2.45, 2.75) is 85.8 Å². The van der Waals surface area contributed by atoms with Gasteiger partial charge in [-0.25, -0.2) is 0 Å². The second-order valence-electron chi connectivity index (χ2n) is 7.97. The van der Waals surface area contributed by atoms with E-state index in [0.29, 0.717) is 0 Å². The Labute approximate surface area is 192 Å². The van der Waals surface area contributed by atoms with E-state index in [0.717, 1.165) is 0 Å². The Balaban J connectivity index is 2.25. The van der Waals surface area contributed by atoms with E-state index in [1.54, 1.807) is 0 Å². The van der Waals surface area contributed by atoms with Gasteiger partial charge >= 0.3 is 0 Å². The molecule has 16 nitrogen and oxygen atoms in total. The Morgan fingerprint density at radius 3 is 1.85 bits per heavy atom. The lowest BCUT2D eigenvalue weighted by atomic mass is 9.96. The quantitative estimate of drug-likeness (QED) is 0.117. The van der Waals surface area contributed by atoms with Gasteiger partial charge in [0, 0.05) is 0 Å². The van der Waals surface area contributed by atoms with E-state index in [9.17, 15) is 55.9 Å². The van der Waals surface area contributed by atoms with Gasteiger partial charge in [-0.15, -0.1) is 0 Å². The SMILES string of the molecule is O=C[C@H](O)[C@@H](O[C@@H]1O[C@H](CO)[C@H](O)[C@H](O[C@@H]2O[C@H](CO)[C@H](O)[C@H](O)[C@H]2O)[C@H]1O)[C@@H](O)[C@H](O)CO. The molecule has 11 N–H and O–H groups in total. The summed E-state index contributed by atoms with van der Waals surface area (Å²) in [6, 6.07) is 0. The summed E-state index contributed by atoms with van der Waals surface area (Å²) >= 11 is 0. The van der Waals surface area contributed by atoms with Crippen molar-refractivity contribution >= 4 is 6.29 Å². The molecule has 0 aromatic heterocycles. The molecule has 0 radical (unpaired) electrons. The van der Waals surface area contributed by atoms with Crippen LogP contribution in [0.4, 0.5) is 0 Å². The first-order valence-electron chi connectivity index (χ1n) is 10.4. The van der Waals surface area contributed by atoms with Crippen LogP contribution in [0.25, 0.3) is 0 Å². The molecule has 0 unspecified atom stereocenters. The standard InChI is InChI=1S/C18H32O16/c19-1-5(23)9(25)15(6(24)2-20)33-18-14(30)16(11(27)8(4-22)32-18)34-17-13(29)12(28)10(26)7(3-21)31-17/h2,5-19,21-30H,1,3-4H2/t5-,6+,7-,8-,9+,10+,11+,12+,13-,14-,15-,16+,17+,18+/m1/s1. The molecule has 0 bridgehead atoms. The molecule has 0 spiro atoms. The van der Waals surface area contributed by atoms with Gasteiger partial charge in [0.2, 0.25) is 0 Å². The van der Waals surface area contributed by atoms with Crippen LogP contribution in [0, 0.1) is 0 Å². The monoisotopic (exact) mass is 504 g/mol. The van der Waals surface area contributed by atoms with Crippen molar-refractivity contribution in [1.82, 2.24) is 0 Å². The lowest BCUT2D eigenvalue weighted by Crippen LogP contribution is -2.65. The number of aldehydes is 1. The smallest absolute Gasteiger partial charge is 0.187 e. The van der Waals surface area contributed by atoms with Crippen LogP contribution in [0.3, 0.4) is 0 Å². The molecule has 2 fully saturated rings. The van der Waals surface area contributed by atoms with Crippen molar-refractivity contribution < 1.29 is 79.9 Å². The molecule has 14 atom stereocenters. The number of aliphatic hydroxyl groups is 11. The Bertz CT molecular complexity index is 623. The lowest BCUT2D eigenvalue weighted by molar-refractivity contribution is -0.368. The number of ether oxygens (including phenoxy) is 4. The van der Waals surface area contributed by atoms with Gasteiger partial charge in [0.25, 0.3) is 0 Å². The first-order chi connectivity index (χ1) is 16.0. The minimum atomic E-state index is -2.07. The molecule has 0 aromatic carbocycles. The molecule has 2 aliphatic heterocycles. The molecule has 0 aromatic rings. The summed E-state index contributed by atoms with van der Waals surface area (Å²) in [6.07, 6.45) is -25.7. The molecule has 0 aliphatic carbocycles. The van der Waals surface area contributed by atoms with Crippen molar-refractivity contribution in [3.63, 3.8) is 0 Å². The summed E-state index contributed by atoms with van der Waals surface area (Å²) in [7, 11) is 0. The molecule has 34 heavy (non-hydrogen) atoms. The summed E-state index contributed by atoms with van der Waals surface area (Å²) in [5.74, 6) is 0. The Morgan fingerprint density at radius 1 is 0.765 bits per heavy atom. The molecule has 16 heteroatoms. The van der Waals surface area contributed by atoms with Crippen LogP contribution < -0.4 is 0 Å². The lowest BCUT2D eigenvalue weighted by Gasteiger charge is -2.46. The van der Waals surface area contributed by atoms with Gasteiger partial charge in [0.1, 0.15) is 73.2 Å². The van der Waals surface area contributed by atoms with Crippen LogP contribution in [0.15, 0.2) is 0 Å². The fourth-order valence-electron chi connectivity index (χ4n) is 3.58. The number of hydrogen-bond donors (Lipinski definition) is 11. The minimum Gasteiger partial charge on any atom is -0.394 e. The summed E-state index contributed by atoms with van der Waals surface area (Å²) in [4.78, 5) is 11.0. The summed E-state index contributed by atoms with van der Waals surface area (Å²) in [6.45, 7) is -2.64. The summed E-state index contributed by atoms with van der Waals surface area (Å²) in [5.41, 5.74) is 0. The number of hydrogen-bond acceptors (Lipinski definition) is 16. The third-order valence-corrected chi connectivity index (χ3v) is 5.65. The van der Waals surface area contributed by atoms with E-state index >= 15 is 0 Å². The van der Waals surface area contributed by atoms with Gasteiger partial charge in [-0.05, 0) is 0 Å². The normalized spacial score (nSPS) is 42.6. The Kier molecular flexibility index (Phi) is 11.1. The molecular formula is C18H32O16. The third kappa shape index (κ3) is 6.25. The van der Waals surface area contributed by atoms with Crippen LogP contribution >= 0.6 is 0 Å². The van der Waals surface area contributed by atoms with Gasteiger partial charge in [-0.2, -0.15) is 0 Å². The first-order valence-corrected chi connectivity index (χ1v) is 10.4. The van der Waals surface area contributed by atoms with E-state index in [2.05, 4.69) is 0 Å². The van der Waals surface area contributed by atoms with Gasteiger partial charge in [-0.1, -0.05) is 0 Å². The zero-order chi connectivity index (χ0) is 25.7. The number of aliphatic hydroxyl groups excluding tert-OH is 11. The second-order valence-corrected chi connectivity index (χ2v) is 7.97. The maximum atomic E-state index is 11.0. The highest BCUT2D eigenvalue weighted by molar-refractivity contribution is 5.56. The highest BCUT2D eigenvalue weighted by atomic mass is 16.7. The number of carbonyl (C=O) groups excluding carboxylic acids is 1. The maximum absolute atomic E-state index is 11.0. The van der Waals surface area contributed by atoms with E-state index in [1.807, 2.05) is 0 Å². The predicted molar refractivity (Wildman–Crippen MR) is 102 cm³/mol. The van der Waals surface area contributed by atoms with Gasteiger partial charge in [0.05, 0.1) is 19.8 Å². The van der Waals surface area contributed by atoms with Crippen LogP contribution in [0.1, 0.15) is 0 Å². The molecule has 2 rings (SSSR count). The predicted octanol–water partition coefficient (Wildman–Crippen LogP) is -7.73. The molecule has 2 saturated heterocycles. The topological polar surface area (TPSA) is 277 Å². The van der Waals surface area contributed by atoms with Crippen molar-refractivity contribution in [3.05, 3.63) is 0 Å². The van der Waals surface area contributed by atoms with Gasteiger partial charge < -0.3 is 79.9 Å². The van der Waals surface area contributed by atoms with Crippen molar-refractivity contribution in [1.29, 1.82) is 0 Å². The van der Waals surface area contributed by atoms with Crippen molar-refractivity contribution in [3.8, 4) is 0 Å². The molecule has 0 saturated carbocycles. The molecule has 2 heterocycles. The van der Waals surface area contributed by atoms with E-state index in [-0.39, 0.29) is 6.29 Å². The minimum absolute atomic E-state index is 0.0620. The average Bonchev–Trinajstić information content (AvgIpc) is 2.84. The van der Waals surface area contributed by atoms with Crippen molar-refractivity contribution in [2.75, 3.05) is 19.8 Å². The summed E-state index contributed by atoms with van der Waals surface area (Å²) < 4.78 is 21.0. The van der Waals surface area contributed by atoms with E-state index < -0.39 is 106 Å². The summed E-state index contributed by atoms with van der Waals surface area (Å²) in [5, 5.41) is 108. The first kappa shape index (κ1) is 29.3. The number of rotatable bonds is 11. The van der Waals surface area contributed by atoms with Crippen LogP contribution in [0.2, 0.25) is 0 Å².